The quantitative estimate of drug-likeness (QED) is 0.554. The van der Waals surface area contributed by atoms with E-state index in [2.05, 4.69) is 10.0 Å². The van der Waals surface area contributed by atoms with Crippen LogP contribution in [-0.2, 0) is 16.6 Å². The third-order valence-electron chi connectivity index (χ3n) is 5.13. The van der Waals surface area contributed by atoms with Crippen LogP contribution in [0, 0.1) is 13.8 Å². The van der Waals surface area contributed by atoms with Crippen LogP contribution in [0.2, 0.25) is 5.02 Å². The van der Waals surface area contributed by atoms with Crippen LogP contribution in [0.4, 0.5) is 5.69 Å². The first-order valence-corrected chi connectivity index (χ1v) is 11.7. The number of benzene rings is 3. The highest BCUT2D eigenvalue weighted by atomic mass is 35.5. The largest absolute Gasteiger partial charge is 0.454 e. The van der Waals surface area contributed by atoms with E-state index in [-0.39, 0.29) is 28.8 Å². The van der Waals surface area contributed by atoms with Crippen molar-refractivity contribution in [2.24, 2.45) is 0 Å². The van der Waals surface area contributed by atoms with E-state index in [1.165, 1.54) is 18.2 Å². The lowest BCUT2D eigenvalue weighted by Gasteiger charge is -2.12. The van der Waals surface area contributed by atoms with Gasteiger partial charge in [0.1, 0.15) is 4.90 Å². The van der Waals surface area contributed by atoms with E-state index in [4.69, 9.17) is 21.1 Å². The van der Waals surface area contributed by atoms with Gasteiger partial charge in [-0.05, 0) is 73.0 Å². The molecule has 0 spiro atoms. The Morgan fingerprint density at radius 3 is 2.53 bits per heavy atom. The predicted octanol–water partition coefficient (Wildman–Crippen LogP) is 4.42. The number of carbonyl (C=O) groups excluding carboxylic acids is 1. The summed E-state index contributed by atoms with van der Waals surface area (Å²) < 4.78 is 39.0. The second kappa shape index (κ2) is 8.72. The molecule has 3 aromatic rings. The number of amides is 1. The Hall–Kier alpha value is -3.23. The first kappa shape index (κ1) is 22.0. The van der Waals surface area contributed by atoms with Crippen molar-refractivity contribution < 1.29 is 22.7 Å². The SMILES string of the molecule is Cc1ccc(NS(=O)(=O)c2cc(C(=O)NCc3ccc4c(c3)OCO4)ccc2Cl)cc1C. The van der Waals surface area contributed by atoms with Gasteiger partial charge in [-0.1, -0.05) is 23.7 Å². The van der Waals surface area contributed by atoms with Gasteiger partial charge in [-0.15, -0.1) is 0 Å². The summed E-state index contributed by atoms with van der Waals surface area (Å²) in [5.74, 6) is 0.847. The van der Waals surface area contributed by atoms with Crippen molar-refractivity contribution in [3.05, 3.63) is 81.9 Å². The molecule has 0 fully saturated rings. The molecule has 1 amide bonds. The van der Waals surface area contributed by atoms with Gasteiger partial charge in [0, 0.05) is 17.8 Å². The zero-order chi connectivity index (χ0) is 22.9. The highest BCUT2D eigenvalue weighted by molar-refractivity contribution is 7.92. The van der Waals surface area contributed by atoms with E-state index >= 15 is 0 Å². The fraction of sp³-hybridized carbons (Fsp3) is 0.174. The van der Waals surface area contributed by atoms with E-state index in [1.807, 2.05) is 26.0 Å². The average Bonchev–Trinajstić information content (AvgIpc) is 3.22. The average molecular weight is 473 g/mol. The Morgan fingerprint density at radius 1 is 0.969 bits per heavy atom. The van der Waals surface area contributed by atoms with Crippen LogP contribution in [0.3, 0.4) is 0 Å². The summed E-state index contributed by atoms with van der Waals surface area (Å²) in [6, 6.07) is 14.8. The molecule has 0 saturated heterocycles. The van der Waals surface area contributed by atoms with Crippen LogP contribution in [0.5, 0.6) is 11.5 Å². The number of carbonyl (C=O) groups is 1. The smallest absolute Gasteiger partial charge is 0.263 e. The highest BCUT2D eigenvalue weighted by Crippen LogP contribution is 2.32. The normalized spacial score (nSPS) is 12.5. The molecule has 3 aromatic carbocycles. The molecule has 0 bridgehead atoms. The molecule has 0 aromatic heterocycles. The monoisotopic (exact) mass is 472 g/mol. The molecule has 0 saturated carbocycles. The summed E-state index contributed by atoms with van der Waals surface area (Å²) in [5, 5.41) is 2.80. The first-order chi connectivity index (χ1) is 15.2. The van der Waals surface area contributed by atoms with E-state index < -0.39 is 15.9 Å². The number of rotatable bonds is 6. The lowest BCUT2D eigenvalue weighted by molar-refractivity contribution is 0.0950. The van der Waals surface area contributed by atoms with Gasteiger partial charge in [-0.25, -0.2) is 8.42 Å². The first-order valence-electron chi connectivity index (χ1n) is 9.79. The van der Waals surface area contributed by atoms with Crippen LogP contribution in [-0.4, -0.2) is 21.1 Å². The minimum Gasteiger partial charge on any atom is -0.454 e. The maximum Gasteiger partial charge on any atom is 0.263 e. The molecule has 7 nitrogen and oxygen atoms in total. The van der Waals surface area contributed by atoms with Gasteiger partial charge >= 0.3 is 0 Å². The summed E-state index contributed by atoms with van der Waals surface area (Å²) in [5.41, 5.74) is 3.42. The third kappa shape index (κ3) is 4.66. The fourth-order valence-electron chi connectivity index (χ4n) is 3.20. The van der Waals surface area contributed by atoms with Crippen molar-refractivity contribution in [2.45, 2.75) is 25.3 Å². The molecule has 0 atom stereocenters. The maximum atomic E-state index is 12.9. The van der Waals surface area contributed by atoms with E-state index in [0.29, 0.717) is 17.2 Å². The molecule has 1 aliphatic heterocycles. The van der Waals surface area contributed by atoms with Gasteiger partial charge in [0.15, 0.2) is 11.5 Å². The van der Waals surface area contributed by atoms with Crippen LogP contribution < -0.4 is 19.5 Å². The van der Waals surface area contributed by atoms with Gasteiger partial charge in [0.25, 0.3) is 15.9 Å². The Kier molecular flexibility index (Phi) is 5.99. The summed E-state index contributed by atoms with van der Waals surface area (Å²) in [6.07, 6.45) is 0. The number of fused-ring (bicyclic) bond motifs is 1. The van der Waals surface area contributed by atoms with Crippen LogP contribution >= 0.6 is 11.6 Å². The highest BCUT2D eigenvalue weighted by Gasteiger charge is 2.21. The molecule has 0 unspecified atom stereocenters. The summed E-state index contributed by atoms with van der Waals surface area (Å²) >= 11 is 6.16. The number of nitrogens with one attached hydrogen (secondary N) is 2. The fourth-order valence-corrected chi connectivity index (χ4v) is 4.78. The summed E-state index contributed by atoms with van der Waals surface area (Å²) in [4.78, 5) is 12.5. The lowest BCUT2D eigenvalue weighted by atomic mass is 10.1. The molecule has 0 aliphatic carbocycles. The number of ether oxygens (including phenoxy) is 2. The van der Waals surface area contributed by atoms with Crippen molar-refractivity contribution >= 4 is 33.2 Å². The minimum absolute atomic E-state index is 0.0219. The molecular formula is C23H21ClN2O5S. The molecule has 166 valence electrons. The van der Waals surface area contributed by atoms with Gasteiger partial charge < -0.3 is 14.8 Å². The molecule has 4 rings (SSSR count). The van der Waals surface area contributed by atoms with Gasteiger partial charge in [0.05, 0.1) is 5.02 Å². The van der Waals surface area contributed by atoms with Crippen LogP contribution in [0.1, 0.15) is 27.0 Å². The van der Waals surface area contributed by atoms with Gasteiger partial charge in [0.2, 0.25) is 6.79 Å². The van der Waals surface area contributed by atoms with E-state index in [9.17, 15) is 13.2 Å². The molecular weight excluding hydrogens is 452 g/mol. The number of hydrogen-bond acceptors (Lipinski definition) is 5. The van der Waals surface area contributed by atoms with E-state index in [0.717, 1.165) is 16.7 Å². The van der Waals surface area contributed by atoms with E-state index in [1.54, 1.807) is 24.3 Å². The Labute approximate surface area is 191 Å². The van der Waals surface area contributed by atoms with Crippen molar-refractivity contribution in [3.8, 4) is 11.5 Å². The van der Waals surface area contributed by atoms with Crippen molar-refractivity contribution in [1.29, 1.82) is 0 Å². The second-order valence-corrected chi connectivity index (χ2v) is 9.48. The summed E-state index contributed by atoms with van der Waals surface area (Å²) in [6.45, 7) is 4.24. The Bertz CT molecular complexity index is 1310. The topological polar surface area (TPSA) is 93.7 Å². The molecule has 1 heterocycles. The number of hydrogen-bond donors (Lipinski definition) is 2. The molecule has 2 N–H and O–H groups in total. The number of aryl methyl sites for hydroxylation is 2. The van der Waals surface area contributed by atoms with Gasteiger partial charge in [-0.2, -0.15) is 0 Å². The molecule has 1 aliphatic rings. The van der Waals surface area contributed by atoms with Crippen molar-refractivity contribution in [2.75, 3.05) is 11.5 Å². The zero-order valence-corrected chi connectivity index (χ0v) is 19.0. The summed E-state index contributed by atoms with van der Waals surface area (Å²) in [7, 11) is -4.00. The number of anilines is 1. The standard InChI is InChI=1S/C23H21ClN2O5S/c1-14-3-6-18(9-15(14)2)26-32(28,29)22-11-17(5-7-19(22)24)23(27)25-12-16-4-8-20-21(10-16)31-13-30-20/h3-11,26H,12-13H2,1-2H3,(H,25,27). The molecule has 32 heavy (non-hydrogen) atoms. The Morgan fingerprint density at radius 2 is 1.75 bits per heavy atom. The van der Waals surface area contributed by atoms with Crippen LogP contribution in [0.15, 0.2) is 59.5 Å². The molecule has 9 heteroatoms. The molecule has 0 radical (unpaired) electrons. The van der Waals surface area contributed by atoms with Crippen molar-refractivity contribution in [3.63, 3.8) is 0 Å². The minimum atomic E-state index is -4.00. The maximum absolute atomic E-state index is 12.9. The Balaban J connectivity index is 1.51. The second-order valence-electron chi connectivity index (χ2n) is 7.42. The zero-order valence-electron chi connectivity index (χ0n) is 17.4. The van der Waals surface area contributed by atoms with Gasteiger partial charge in [-0.3, -0.25) is 9.52 Å². The lowest BCUT2D eigenvalue weighted by Crippen LogP contribution is -2.23. The number of sulfonamides is 1. The third-order valence-corrected chi connectivity index (χ3v) is 6.99. The van der Waals surface area contributed by atoms with Crippen LogP contribution in [0.25, 0.3) is 0 Å². The van der Waals surface area contributed by atoms with Crippen molar-refractivity contribution in [1.82, 2.24) is 5.32 Å². The number of halogens is 1. The predicted molar refractivity (Wildman–Crippen MR) is 122 cm³/mol.